The van der Waals surface area contributed by atoms with Gasteiger partial charge in [0.25, 0.3) is 5.69 Å². The summed E-state index contributed by atoms with van der Waals surface area (Å²) < 4.78 is 0. The molecule has 1 aliphatic heterocycles. The lowest BCUT2D eigenvalue weighted by atomic mass is 9.91. The van der Waals surface area contributed by atoms with Gasteiger partial charge < -0.3 is 10.2 Å². The molecule has 2 rings (SSSR count). The lowest BCUT2D eigenvalue weighted by Gasteiger charge is -2.35. The monoisotopic (exact) mass is 291 g/mol. The number of nitrogens with one attached hydrogen (secondary N) is 1. The van der Waals surface area contributed by atoms with E-state index in [1.807, 2.05) is 12.1 Å². The fraction of sp³-hybridized carbons (Fsp3) is 0.625. The quantitative estimate of drug-likeness (QED) is 0.647. The average Bonchev–Trinajstić information content (AvgIpc) is 2.52. The highest BCUT2D eigenvalue weighted by atomic mass is 16.6. The van der Waals surface area contributed by atoms with E-state index in [0.29, 0.717) is 18.5 Å². The molecule has 2 unspecified atom stereocenters. The summed E-state index contributed by atoms with van der Waals surface area (Å²) in [6.45, 7) is 8.38. The summed E-state index contributed by atoms with van der Waals surface area (Å²) in [7, 11) is 0. The molecule has 21 heavy (non-hydrogen) atoms. The molecule has 116 valence electrons. The Kier molecular flexibility index (Phi) is 5.70. The van der Waals surface area contributed by atoms with Gasteiger partial charge in [-0.3, -0.25) is 10.1 Å². The minimum Gasteiger partial charge on any atom is -0.310 e. The molecular weight excluding hydrogens is 266 g/mol. The van der Waals surface area contributed by atoms with Gasteiger partial charge in [-0.25, -0.2) is 0 Å². The number of piperidine rings is 1. The number of nitro groups is 1. The average molecular weight is 291 g/mol. The van der Waals surface area contributed by atoms with E-state index in [1.165, 1.54) is 19.4 Å². The number of para-hydroxylation sites is 1. The second-order valence-electron chi connectivity index (χ2n) is 5.85. The van der Waals surface area contributed by atoms with Crippen LogP contribution in [0.4, 0.5) is 5.69 Å². The van der Waals surface area contributed by atoms with Crippen LogP contribution in [0.25, 0.3) is 0 Å². The van der Waals surface area contributed by atoms with Crippen LogP contribution in [0, 0.1) is 16.0 Å². The summed E-state index contributed by atoms with van der Waals surface area (Å²) in [6, 6.07) is 7.34. The molecule has 5 heteroatoms. The fourth-order valence-corrected chi connectivity index (χ4v) is 3.06. The summed E-state index contributed by atoms with van der Waals surface area (Å²) in [5.74, 6) is 0.626. The third kappa shape index (κ3) is 4.25. The van der Waals surface area contributed by atoms with Crippen LogP contribution >= 0.6 is 0 Å². The number of hydrogen-bond acceptors (Lipinski definition) is 4. The molecule has 0 radical (unpaired) electrons. The Hall–Kier alpha value is -1.46. The molecule has 0 bridgehead atoms. The van der Waals surface area contributed by atoms with E-state index in [1.54, 1.807) is 12.1 Å². The maximum atomic E-state index is 11.0. The van der Waals surface area contributed by atoms with Crippen LogP contribution in [0.5, 0.6) is 0 Å². The summed E-state index contributed by atoms with van der Waals surface area (Å²) in [5, 5.41) is 14.5. The number of benzene rings is 1. The van der Waals surface area contributed by atoms with Crippen molar-refractivity contribution < 1.29 is 4.92 Å². The van der Waals surface area contributed by atoms with Gasteiger partial charge in [-0.1, -0.05) is 25.1 Å². The first kappa shape index (κ1) is 15.9. The van der Waals surface area contributed by atoms with Gasteiger partial charge in [0.15, 0.2) is 0 Å². The lowest BCUT2D eigenvalue weighted by Crippen LogP contribution is -2.44. The Bertz CT molecular complexity index is 478. The molecule has 0 spiro atoms. The van der Waals surface area contributed by atoms with Crippen LogP contribution in [0.2, 0.25) is 0 Å². The summed E-state index contributed by atoms with van der Waals surface area (Å²) >= 11 is 0. The van der Waals surface area contributed by atoms with Crippen molar-refractivity contribution in [3.63, 3.8) is 0 Å². The maximum absolute atomic E-state index is 11.0. The minimum absolute atomic E-state index is 0.205. The number of nitrogens with zero attached hydrogens (tertiary/aromatic N) is 2. The van der Waals surface area contributed by atoms with Crippen LogP contribution in [-0.2, 0) is 6.54 Å². The van der Waals surface area contributed by atoms with E-state index in [2.05, 4.69) is 24.1 Å². The first-order chi connectivity index (χ1) is 10.1. The van der Waals surface area contributed by atoms with E-state index in [9.17, 15) is 10.1 Å². The van der Waals surface area contributed by atoms with Gasteiger partial charge in [-0.2, -0.15) is 0 Å². The van der Waals surface area contributed by atoms with Crippen LogP contribution in [-0.4, -0.2) is 35.5 Å². The van der Waals surface area contributed by atoms with Gasteiger partial charge in [0.05, 0.1) is 4.92 Å². The Morgan fingerprint density at radius 2 is 2.24 bits per heavy atom. The largest absolute Gasteiger partial charge is 0.310 e. The first-order valence-corrected chi connectivity index (χ1v) is 7.79. The Morgan fingerprint density at radius 1 is 1.48 bits per heavy atom. The van der Waals surface area contributed by atoms with Crippen molar-refractivity contribution in [1.29, 1.82) is 0 Å². The zero-order valence-corrected chi connectivity index (χ0v) is 12.9. The minimum atomic E-state index is -0.304. The van der Waals surface area contributed by atoms with E-state index in [4.69, 9.17) is 0 Å². The molecule has 5 nitrogen and oxygen atoms in total. The molecule has 1 heterocycles. The SMILES string of the molecule is CCN1CCCC(C(C)NCc2ccccc2[N+](=O)[O-])C1. The van der Waals surface area contributed by atoms with Crippen molar-refractivity contribution in [3.8, 4) is 0 Å². The van der Waals surface area contributed by atoms with E-state index in [-0.39, 0.29) is 10.6 Å². The molecular formula is C16H25N3O2. The molecule has 0 aliphatic carbocycles. The highest BCUT2D eigenvalue weighted by molar-refractivity contribution is 5.39. The van der Waals surface area contributed by atoms with Crippen molar-refractivity contribution in [2.75, 3.05) is 19.6 Å². The second-order valence-corrected chi connectivity index (χ2v) is 5.85. The molecule has 1 aromatic rings. The topological polar surface area (TPSA) is 58.4 Å². The van der Waals surface area contributed by atoms with Gasteiger partial charge in [0.1, 0.15) is 0 Å². The zero-order chi connectivity index (χ0) is 15.2. The molecule has 1 fully saturated rings. The predicted molar refractivity (Wildman–Crippen MR) is 84.2 cm³/mol. The lowest BCUT2D eigenvalue weighted by molar-refractivity contribution is -0.385. The summed E-state index contributed by atoms with van der Waals surface area (Å²) in [6.07, 6.45) is 2.48. The van der Waals surface area contributed by atoms with Gasteiger partial charge in [-0.05, 0) is 38.8 Å². The molecule has 0 aromatic heterocycles. The van der Waals surface area contributed by atoms with E-state index >= 15 is 0 Å². The molecule has 0 amide bonds. The Morgan fingerprint density at radius 3 is 2.95 bits per heavy atom. The van der Waals surface area contributed by atoms with Crippen LogP contribution in [0.3, 0.4) is 0 Å². The summed E-state index contributed by atoms with van der Waals surface area (Å²) in [5.41, 5.74) is 0.966. The number of hydrogen-bond donors (Lipinski definition) is 1. The molecule has 1 aromatic carbocycles. The van der Waals surface area contributed by atoms with Crippen molar-refractivity contribution in [1.82, 2.24) is 10.2 Å². The van der Waals surface area contributed by atoms with E-state index < -0.39 is 0 Å². The molecule has 2 atom stereocenters. The third-order valence-corrected chi connectivity index (χ3v) is 4.50. The van der Waals surface area contributed by atoms with E-state index in [0.717, 1.165) is 18.7 Å². The predicted octanol–water partition coefficient (Wildman–Crippen LogP) is 2.80. The van der Waals surface area contributed by atoms with Crippen molar-refractivity contribution in [3.05, 3.63) is 39.9 Å². The molecule has 1 saturated heterocycles. The molecule has 0 saturated carbocycles. The number of rotatable bonds is 6. The molecule has 1 N–H and O–H groups in total. The fourth-order valence-electron chi connectivity index (χ4n) is 3.06. The normalized spacial score (nSPS) is 21.1. The zero-order valence-electron chi connectivity index (χ0n) is 12.9. The van der Waals surface area contributed by atoms with Gasteiger partial charge >= 0.3 is 0 Å². The van der Waals surface area contributed by atoms with Crippen molar-refractivity contribution in [2.24, 2.45) is 5.92 Å². The number of nitro benzene ring substituents is 1. The third-order valence-electron chi connectivity index (χ3n) is 4.50. The van der Waals surface area contributed by atoms with Crippen LogP contribution in [0.1, 0.15) is 32.3 Å². The smallest absolute Gasteiger partial charge is 0.273 e. The van der Waals surface area contributed by atoms with Crippen LogP contribution in [0.15, 0.2) is 24.3 Å². The van der Waals surface area contributed by atoms with Gasteiger partial charge in [-0.15, -0.1) is 0 Å². The van der Waals surface area contributed by atoms with Crippen molar-refractivity contribution in [2.45, 2.75) is 39.3 Å². The van der Waals surface area contributed by atoms with Gasteiger partial charge in [0, 0.05) is 30.8 Å². The second kappa shape index (κ2) is 7.52. The van der Waals surface area contributed by atoms with Crippen molar-refractivity contribution >= 4 is 5.69 Å². The molecule has 1 aliphatic rings. The first-order valence-electron chi connectivity index (χ1n) is 7.79. The summed E-state index contributed by atoms with van der Waals surface area (Å²) in [4.78, 5) is 13.2. The standard InChI is InChI=1S/C16H25N3O2/c1-3-18-10-6-8-15(12-18)13(2)17-11-14-7-4-5-9-16(14)19(20)21/h4-5,7,9,13,15,17H,3,6,8,10-12H2,1-2H3. The number of likely N-dealkylation sites (tertiary alicyclic amines) is 1. The highest BCUT2D eigenvalue weighted by Crippen LogP contribution is 2.21. The highest BCUT2D eigenvalue weighted by Gasteiger charge is 2.24. The Balaban J connectivity index is 1.92. The maximum Gasteiger partial charge on any atom is 0.273 e. The van der Waals surface area contributed by atoms with Gasteiger partial charge in [0.2, 0.25) is 0 Å². The Labute approximate surface area is 126 Å². The van der Waals surface area contributed by atoms with Crippen LogP contribution < -0.4 is 5.32 Å².